The van der Waals surface area contributed by atoms with Crippen molar-refractivity contribution in [2.24, 2.45) is 4.99 Å². The monoisotopic (exact) mass is 321 g/mol. The Balaban J connectivity index is 2.02. The summed E-state index contributed by atoms with van der Waals surface area (Å²) in [6.45, 7) is 11.5. The van der Waals surface area contributed by atoms with E-state index in [1.165, 1.54) is 30.4 Å². The molecule has 2 heterocycles. The van der Waals surface area contributed by atoms with Gasteiger partial charge in [-0.3, -0.25) is 0 Å². The third-order valence-corrected chi connectivity index (χ3v) is 4.70. The highest BCUT2D eigenvalue weighted by Crippen LogP contribution is 2.26. The molecule has 1 aliphatic heterocycles. The van der Waals surface area contributed by atoms with Crippen LogP contribution in [0, 0.1) is 6.92 Å². The van der Waals surface area contributed by atoms with Crippen LogP contribution in [0.15, 0.2) is 53.7 Å². The number of H-pyrrole nitrogens is 1. The summed E-state index contributed by atoms with van der Waals surface area (Å²) in [5.41, 5.74) is 5.53. The molecule has 126 valence electrons. The zero-order valence-electron chi connectivity index (χ0n) is 15.0. The van der Waals surface area contributed by atoms with Gasteiger partial charge in [0.1, 0.15) is 0 Å². The number of nitrogens with one attached hydrogen (secondary N) is 1. The van der Waals surface area contributed by atoms with E-state index in [4.69, 9.17) is 4.99 Å². The molecule has 2 aromatic rings. The van der Waals surface area contributed by atoms with Crippen LogP contribution in [-0.2, 0) is 0 Å². The van der Waals surface area contributed by atoms with E-state index in [0.717, 1.165) is 29.5 Å². The van der Waals surface area contributed by atoms with Crippen molar-refractivity contribution < 1.29 is 0 Å². The number of aryl methyl sites for hydroxylation is 1. The molecule has 1 aliphatic rings. The highest BCUT2D eigenvalue weighted by Gasteiger charge is 2.25. The molecule has 0 radical (unpaired) electrons. The summed E-state index contributed by atoms with van der Waals surface area (Å²) in [5.74, 6) is 1.04. The Morgan fingerprint density at radius 2 is 2.00 bits per heavy atom. The molecule has 1 fully saturated rings. The second-order valence-corrected chi connectivity index (χ2v) is 6.82. The van der Waals surface area contributed by atoms with E-state index < -0.39 is 0 Å². The zero-order chi connectivity index (χ0) is 17.1. The Labute approximate surface area is 145 Å². The Hall–Kier alpha value is -2.29. The van der Waals surface area contributed by atoms with Crippen molar-refractivity contribution in [2.75, 3.05) is 6.54 Å². The van der Waals surface area contributed by atoms with Crippen LogP contribution in [0.3, 0.4) is 0 Å². The predicted octanol–water partition coefficient (Wildman–Crippen LogP) is 5.14. The molecule has 1 unspecified atom stereocenters. The van der Waals surface area contributed by atoms with Gasteiger partial charge in [-0.2, -0.15) is 0 Å². The molecule has 0 saturated carbocycles. The Morgan fingerprint density at radius 3 is 2.67 bits per heavy atom. The molecule has 1 aromatic heterocycles. The van der Waals surface area contributed by atoms with Crippen molar-refractivity contribution in [2.45, 2.75) is 46.1 Å². The summed E-state index contributed by atoms with van der Waals surface area (Å²) >= 11 is 0. The number of aromatic nitrogens is 1. The van der Waals surface area contributed by atoms with Crippen molar-refractivity contribution in [3.05, 3.63) is 59.9 Å². The van der Waals surface area contributed by atoms with Gasteiger partial charge in [0.2, 0.25) is 0 Å². The Kier molecular flexibility index (Phi) is 4.89. The van der Waals surface area contributed by atoms with Crippen LogP contribution in [0.2, 0.25) is 0 Å². The van der Waals surface area contributed by atoms with Crippen molar-refractivity contribution in [3.63, 3.8) is 0 Å². The second-order valence-electron chi connectivity index (χ2n) is 6.82. The lowest BCUT2D eigenvalue weighted by Gasteiger charge is -2.36. The van der Waals surface area contributed by atoms with Crippen molar-refractivity contribution in [1.82, 2.24) is 9.88 Å². The number of rotatable bonds is 3. The van der Waals surface area contributed by atoms with Crippen LogP contribution < -0.4 is 0 Å². The summed E-state index contributed by atoms with van der Waals surface area (Å²) in [5, 5.41) is 0. The molecular weight excluding hydrogens is 294 g/mol. The van der Waals surface area contributed by atoms with Gasteiger partial charge >= 0.3 is 0 Å². The smallest absolute Gasteiger partial charge is 0.153 e. The lowest BCUT2D eigenvalue weighted by atomic mass is 10.0. The fraction of sp³-hybridized carbons (Fsp3) is 0.381. The average Bonchev–Trinajstić information content (AvgIpc) is 2.96. The van der Waals surface area contributed by atoms with Gasteiger partial charge in [0.25, 0.3) is 0 Å². The van der Waals surface area contributed by atoms with Gasteiger partial charge in [-0.1, -0.05) is 36.9 Å². The predicted molar refractivity (Wildman–Crippen MR) is 102 cm³/mol. The summed E-state index contributed by atoms with van der Waals surface area (Å²) in [7, 11) is 0. The molecule has 3 rings (SSSR count). The number of hydrogen-bond acceptors (Lipinski definition) is 1. The molecule has 0 bridgehead atoms. The van der Waals surface area contributed by atoms with E-state index in [-0.39, 0.29) is 0 Å². The zero-order valence-corrected chi connectivity index (χ0v) is 15.0. The number of aromatic amines is 1. The molecule has 0 aliphatic carbocycles. The van der Waals surface area contributed by atoms with Crippen molar-refractivity contribution in [3.8, 4) is 11.3 Å². The van der Waals surface area contributed by atoms with E-state index in [1.54, 1.807) is 0 Å². The SMILES string of the molecule is C=C(C)N=C(c1[nH]c(-c2ccccc2)cc1C)N1CCCCC1C. The standard InChI is InChI=1S/C21H27N3/c1-15(2)22-21(24-13-9-8-10-17(24)4)20-16(3)14-19(23-20)18-11-6-5-7-12-18/h5-7,11-12,14,17,23H,1,8-10,13H2,2-4H3. The van der Waals surface area contributed by atoms with E-state index in [0.29, 0.717) is 6.04 Å². The fourth-order valence-electron chi connectivity index (χ4n) is 3.42. The number of amidine groups is 1. The van der Waals surface area contributed by atoms with E-state index >= 15 is 0 Å². The highest BCUT2D eigenvalue weighted by atomic mass is 15.2. The number of aliphatic imine (C=N–C) groups is 1. The van der Waals surface area contributed by atoms with Gasteiger partial charge in [0, 0.05) is 24.0 Å². The highest BCUT2D eigenvalue weighted by molar-refractivity contribution is 6.00. The number of nitrogens with zero attached hydrogens (tertiary/aromatic N) is 2. The van der Waals surface area contributed by atoms with Crippen LogP contribution >= 0.6 is 0 Å². The lowest BCUT2D eigenvalue weighted by molar-refractivity contribution is 0.258. The molecule has 3 nitrogen and oxygen atoms in total. The average molecular weight is 321 g/mol. The quantitative estimate of drug-likeness (QED) is 0.615. The molecule has 3 heteroatoms. The molecule has 0 amide bonds. The minimum absolute atomic E-state index is 0.514. The van der Waals surface area contributed by atoms with E-state index in [9.17, 15) is 0 Å². The molecule has 1 atom stereocenters. The first-order chi connectivity index (χ1) is 11.6. The van der Waals surface area contributed by atoms with E-state index in [2.05, 4.69) is 60.6 Å². The third kappa shape index (κ3) is 3.45. The van der Waals surface area contributed by atoms with Gasteiger partial charge in [0.15, 0.2) is 5.84 Å². The van der Waals surface area contributed by atoms with Crippen LogP contribution in [-0.4, -0.2) is 28.3 Å². The van der Waals surface area contributed by atoms with Gasteiger partial charge in [0.05, 0.1) is 5.69 Å². The maximum absolute atomic E-state index is 4.81. The molecule has 0 spiro atoms. The van der Waals surface area contributed by atoms with Gasteiger partial charge in [-0.25, -0.2) is 4.99 Å². The molecular formula is C21H27N3. The number of allylic oxidation sites excluding steroid dienone is 1. The third-order valence-electron chi connectivity index (χ3n) is 4.70. The van der Waals surface area contributed by atoms with Crippen LogP contribution in [0.4, 0.5) is 0 Å². The van der Waals surface area contributed by atoms with Crippen LogP contribution in [0.25, 0.3) is 11.3 Å². The minimum atomic E-state index is 0.514. The topological polar surface area (TPSA) is 31.4 Å². The van der Waals surface area contributed by atoms with Crippen molar-refractivity contribution >= 4 is 5.84 Å². The number of piperidine rings is 1. The maximum Gasteiger partial charge on any atom is 0.153 e. The van der Waals surface area contributed by atoms with Gasteiger partial charge in [-0.05, 0) is 57.2 Å². The Morgan fingerprint density at radius 1 is 1.25 bits per heavy atom. The molecule has 1 saturated heterocycles. The van der Waals surface area contributed by atoms with E-state index in [1.807, 2.05) is 13.0 Å². The number of likely N-dealkylation sites (tertiary alicyclic amines) is 1. The molecule has 24 heavy (non-hydrogen) atoms. The minimum Gasteiger partial charge on any atom is -0.352 e. The lowest BCUT2D eigenvalue weighted by Crippen LogP contribution is -2.43. The van der Waals surface area contributed by atoms with Gasteiger partial charge < -0.3 is 9.88 Å². The molecule has 1 N–H and O–H groups in total. The van der Waals surface area contributed by atoms with Crippen molar-refractivity contribution in [1.29, 1.82) is 0 Å². The largest absolute Gasteiger partial charge is 0.352 e. The number of benzene rings is 1. The molecule has 1 aromatic carbocycles. The Bertz CT molecular complexity index is 740. The van der Waals surface area contributed by atoms with Crippen LogP contribution in [0.1, 0.15) is 44.4 Å². The van der Waals surface area contributed by atoms with Gasteiger partial charge in [-0.15, -0.1) is 0 Å². The summed E-state index contributed by atoms with van der Waals surface area (Å²) in [6, 6.07) is 13.2. The summed E-state index contributed by atoms with van der Waals surface area (Å²) < 4.78 is 0. The fourth-order valence-corrected chi connectivity index (χ4v) is 3.42. The van der Waals surface area contributed by atoms with Crippen LogP contribution in [0.5, 0.6) is 0 Å². The summed E-state index contributed by atoms with van der Waals surface area (Å²) in [6.07, 6.45) is 3.75. The maximum atomic E-state index is 4.81. The first-order valence-electron chi connectivity index (χ1n) is 8.82. The second kappa shape index (κ2) is 7.08. The summed E-state index contributed by atoms with van der Waals surface area (Å²) in [4.78, 5) is 10.8. The first kappa shape index (κ1) is 16.6. The number of hydrogen-bond donors (Lipinski definition) is 1. The first-order valence-corrected chi connectivity index (χ1v) is 8.82. The normalized spacial score (nSPS) is 18.7.